The van der Waals surface area contributed by atoms with Gasteiger partial charge in [0.25, 0.3) is 5.91 Å². The molecule has 0 aliphatic carbocycles. The number of nitrogens with zero attached hydrogens (tertiary/aromatic N) is 1. The number of aliphatic carboxylic acids is 1. The number of hydrogen-bond donors (Lipinski definition) is 2. The van der Waals surface area contributed by atoms with Crippen molar-refractivity contribution in [1.82, 2.24) is 9.88 Å². The lowest BCUT2D eigenvalue weighted by molar-refractivity contribution is -0.138. The Morgan fingerprint density at radius 2 is 2.32 bits per heavy atom. The number of nitrogens with one attached hydrogen (secondary N) is 1. The zero-order valence-electron chi connectivity index (χ0n) is 10.2. The van der Waals surface area contributed by atoms with E-state index in [1.807, 2.05) is 0 Å². The molecule has 0 bridgehead atoms. The fourth-order valence-electron chi connectivity index (χ4n) is 2.03. The summed E-state index contributed by atoms with van der Waals surface area (Å²) in [7, 11) is 0. The van der Waals surface area contributed by atoms with Gasteiger partial charge in [0.1, 0.15) is 5.56 Å². The lowest BCUT2D eigenvalue weighted by Gasteiger charge is -2.34. The van der Waals surface area contributed by atoms with Crippen LogP contribution in [0.2, 0.25) is 0 Å². The predicted octanol–water partition coefficient (Wildman–Crippen LogP) is 0.407. The monoisotopic (exact) mass is 282 g/mol. The Morgan fingerprint density at radius 3 is 3.00 bits per heavy atom. The number of aromatic amines is 1. The Hall–Kier alpha value is -1.76. The standard InChI is InChI=1S/C12H14N2O4S/c15-10-1-2-13-6-9(10)12(18)14-3-4-19-7-8(14)5-11(16)17/h1-2,6,8H,3-5,7H2,(H,13,15)(H,16,17). The fourth-order valence-corrected chi connectivity index (χ4v) is 3.09. The Balaban J connectivity index is 2.23. The van der Waals surface area contributed by atoms with E-state index >= 15 is 0 Å². The molecule has 1 aromatic heterocycles. The van der Waals surface area contributed by atoms with Gasteiger partial charge in [0, 0.05) is 36.5 Å². The molecule has 0 saturated carbocycles. The zero-order chi connectivity index (χ0) is 13.8. The SMILES string of the molecule is O=C(O)CC1CSCCN1C(=O)c1c[nH]ccc1=O. The summed E-state index contributed by atoms with van der Waals surface area (Å²) < 4.78 is 0. The average Bonchev–Trinajstić information content (AvgIpc) is 2.38. The molecule has 0 radical (unpaired) electrons. The van der Waals surface area contributed by atoms with E-state index in [1.165, 1.54) is 23.4 Å². The number of hydrogen-bond acceptors (Lipinski definition) is 4. The molecule has 1 aliphatic heterocycles. The number of amides is 1. The van der Waals surface area contributed by atoms with Crippen LogP contribution in [0, 0.1) is 0 Å². The number of H-pyrrole nitrogens is 1. The number of aromatic nitrogens is 1. The molecule has 7 heteroatoms. The first-order valence-electron chi connectivity index (χ1n) is 5.87. The third kappa shape index (κ3) is 3.17. The minimum atomic E-state index is -0.938. The maximum atomic E-state index is 12.3. The second-order valence-electron chi connectivity index (χ2n) is 4.25. The van der Waals surface area contributed by atoms with Crippen molar-refractivity contribution in [3.05, 3.63) is 34.2 Å². The van der Waals surface area contributed by atoms with Gasteiger partial charge in [0.15, 0.2) is 5.43 Å². The first kappa shape index (κ1) is 13.7. The number of rotatable bonds is 3. The van der Waals surface area contributed by atoms with Gasteiger partial charge in [0.05, 0.1) is 12.5 Å². The lowest BCUT2D eigenvalue weighted by atomic mass is 10.1. The topological polar surface area (TPSA) is 90.5 Å². The average molecular weight is 282 g/mol. The smallest absolute Gasteiger partial charge is 0.305 e. The summed E-state index contributed by atoms with van der Waals surface area (Å²) >= 11 is 1.62. The molecule has 0 aromatic carbocycles. The molecule has 1 aromatic rings. The second kappa shape index (κ2) is 5.92. The molecule has 2 heterocycles. The molecular formula is C12H14N2O4S. The minimum Gasteiger partial charge on any atom is -0.481 e. The highest BCUT2D eigenvalue weighted by molar-refractivity contribution is 7.99. The van der Waals surface area contributed by atoms with Crippen molar-refractivity contribution in [2.24, 2.45) is 0 Å². The minimum absolute atomic E-state index is 0.0600. The number of carbonyl (C=O) groups excluding carboxylic acids is 1. The van der Waals surface area contributed by atoms with Crippen LogP contribution in [0.15, 0.2) is 23.3 Å². The maximum Gasteiger partial charge on any atom is 0.305 e. The number of pyridine rings is 1. The van der Waals surface area contributed by atoms with Crippen LogP contribution in [0.3, 0.4) is 0 Å². The van der Waals surface area contributed by atoms with Crippen LogP contribution >= 0.6 is 11.8 Å². The van der Waals surface area contributed by atoms with E-state index in [0.717, 1.165) is 5.75 Å². The van der Waals surface area contributed by atoms with Gasteiger partial charge in [-0.15, -0.1) is 0 Å². The molecule has 1 atom stereocenters. The molecule has 1 aliphatic rings. The Kier molecular flexibility index (Phi) is 4.26. The van der Waals surface area contributed by atoms with Crippen LogP contribution < -0.4 is 5.43 Å². The normalized spacial score (nSPS) is 19.2. The Labute approximate surface area is 113 Å². The molecule has 1 saturated heterocycles. The van der Waals surface area contributed by atoms with Gasteiger partial charge >= 0.3 is 5.97 Å². The van der Waals surface area contributed by atoms with E-state index in [9.17, 15) is 14.4 Å². The highest BCUT2D eigenvalue weighted by Gasteiger charge is 2.30. The molecule has 1 unspecified atom stereocenters. The highest BCUT2D eigenvalue weighted by atomic mass is 32.2. The van der Waals surface area contributed by atoms with E-state index in [0.29, 0.717) is 12.3 Å². The number of thioether (sulfide) groups is 1. The van der Waals surface area contributed by atoms with Gasteiger partial charge in [0.2, 0.25) is 0 Å². The van der Waals surface area contributed by atoms with Crippen LogP contribution in [-0.2, 0) is 4.79 Å². The third-order valence-electron chi connectivity index (χ3n) is 2.95. The molecule has 19 heavy (non-hydrogen) atoms. The summed E-state index contributed by atoms with van der Waals surface area (Å²) in [5.41, 5.74) is -0.291. The van der Waals surface area contributed by atoms with E-state index in [-0.39, 0.29) is 23.5 Å². The van der Waals surface area contributed by atoms with Gasteiger partial charge in [-0.3, -0.25) is 14.4 Å². The first-order chi connectivity index (χ1) is 9.09. The fraction of sp³-hybridized carbons (Fsp3) is 0.417. The van der Waals surface area contributed by atoms with Gasteiger partial charge < -0.3 is 15.0 Å². The van der Waals surface area contributed by atoms with Crippen LogP contribution in [-0.4, -0.2) is 51.0 Å². The van der Waals surface area contributed by atoms with Crippen LogP contribution in [0.5, 0.6) is 0 Å². The van der Waals surface area contributed by atoms with Crippen molar-refractivity contribution in [3.63, 3.8) is 0 Å². The first-order valence-corrected chi connectivity index (χ1v) is 7.02. The molecule has 1 amide bonds. The Bertz CT molecular complexity index is 543. The third-order valence-corrected chi connectivity index (χ3v) is 4.04. The molecule has 102 valence electrons. The molecular weight excluding hydrogens is 268 g/mol. The van der Waals surface area contributed by atoms with Gasteiger partial charge in [-0.1, -0.05) is 0 Å². The van der Waals surface area contributed by atoms with Crippen molar-refractivity contribution in [2.45, 2.75) is 12.5 Å². The van der Waals surface area contributed by atoms with Crippen LogP contribution in [0.4, 0.5) is 0 Å². The summed E-state index contributed by atoms with van der Waals surface area (Å²) in [6.07, 6.45) is 2.73. The Morgan fingerprint density at radius 1 is 1.53 bits per heavy atom. The highest BCUT2D eigenvalue weighted by Crippen LogP contribution is 2.20. The summed E-state index contributed by atoms with van der Waals surface area (Å²) in [6, 6.07) is 0.932. The van der Waals surface area contributed by atoms with Gasteiger partial charge in [-0.25, -0.2) is 0 Å². The molecule has 6 nitrogen and oxygen atoms in total. The zero-order valence-corrected chi connectivity index (χ0v) is 11.0. The van der Waals surface area contributed by atoms with Crippen LogP contribution in [0.25, 0.3) is 0 Å². The largest absolute Gasteiger partial charge is 0.481 e. The second-order valence-corrected chi connectivity index (χ2v) is 5.40. The summed E-state index contributed by atoms with van der Waals surface area (Å²) in [5, 5.41) is 8.88. The van der Waals surface area contributed by atoms with E-state index < -0.39 is 11.9 Å². The predicted molar refractivity (Wildman–Crippen MR) is 71.5 cm³/mol. The van der Waals surface area contributed by atoms with Crippen molar-refractivity contribution in [2.75, 3.05) is 18.1 Å². The quantitative estimate of drug-likeness (QED) is 0.838. The molecule has 1 fully saturated rings. The van der Waals surface area contributed by atoms with E-state index in [4.69, 9.17) is 5.11 Å². The van der Waals surface area contributed by atoms with Crippen molar-refractivity contribution >= 4 is 23.6 Å². The van der Waals surface area contributed by atoms with Crippen molar-refractivity contribution in [3.8, 4) is 0 Å². The molecule has 2 rings (SSSR count). The number of carboxylic acid groups (broad SMARTS) is 1. The van der Waals surface area contributed by atoms with Crippen LogP contribution in [0.1, 0.15) is 16.8 Å². The number of carbonyl (C=O) groups is 2. The van der Waals surface area contributed by atoms with E-state index in [1.54, 1.807) is 11.8 Å². The lowest BCUT2D eigenvalue weighted by Crippen LogP contribution is -2.48. The molecule has 2 N–H and O–H groups in total. The van der Waals surface area contributed by atoms with Gasteiger partial charge in [-0.05, 0) is 0 Å². The number of carboxylic acids is 1. The van der Waals surface area contributed by atoms with Crippen molar-refractivity contribution in [1.29, 1.82) is 0 Å². The van der Waals surface area contributed by atoms with E-state index in [2.05, 4.69) is 4.98 Å². The molecule has 0 spiro atoms. The maximum absolute atomic E-state index is 12.3. The summed E-state index contributed by atoms with van der Waals surface area (Å²) in [5.74, 6) is 0.00992. The summed E-state index contributed by atoms with van der Waals surface area (Å²) in [4.78, 5) is 39.0. The van der Waals surface area contributed by atoms with Crippen molar-refractivity contribution < 1.29 is 14.7 Å². The van der Waals surface area contributed by atoms with Gasteiger partial charge in [-0.2, -0.15) is 11.8 Å². The summed E-state index contributed by atoms with van der Waals surface area (Å²) in [6.45, 7) is 0.468.